The molecule has 2 rings (SSSR count). The van der Waals surface area contributed by atoms with Crippen molar-refractivity contribution in [3.63, 3.8) is 0 Å². The quantitative estimate of drug-likeness (QED) is 0.633. The second kappa shape index (κ2) is 2.36. The molecule has 0 aliphatic heterocycles. The minimum absolute atomic E-state index is 0.245. The molecule has 0 aromatic carbocycles. The zero-order chi connectivity index (χ0) is 7.73. The molecule has 0 unspecified atom stereocenters. The van der Waals surface area contributed by atoms with Gasteiger partial charge in [0.2, 0.25) is 0 Å². The molecule has 0 bridgehead atoms. The Kier molecular flexibility index (Phi) is 1.47. The Morgan fingerprint density at radius 2 is 2.45 bits per heavy atom. The highest BCUT2D eigenvalue weighted by molar-refractivity contribution is 5.28. The fourth-order valence-corrected chi connectivity index (χ4v) is 1.48. The van der Waals surface area contributed by atoms with Crippen molar-refractivity contribution < 1.29 is 4.84 Å². The van der Waals surface area contributed by atoms with E-state index in [0.29, 0.717) is 6.61 Å². The molecule has 11 heavy (non-hydrogen) atoms. The van der Waals surface area contributed by atoms with Gasteiger partial charge in [0.25, 0.3) is 0 Å². The maximum absolute atomic E-state index is 5.05. The van der Waals surface area contributed by atoms with E-state index < -0.39 is 0 Å². The molecular formula is C8H12N2O. The number of aromatic amines is 1. The summed E-state index contributed by atoms with van der Waals surface area (Å²) in [6.45, 7) is 0.644. The minimum Gasteiger partial charge on any atom is -0.367 e. The van der Waals surface area contributed by atoms with E-state index in [1.807, 2.05) is 12.4 Å². The molecule has 1 fully saturated rings. The van der Waals surface area contributed by atoms with Crippen molar-refractivity contribution in [1.29, 1.82) is 0 Å². The minimum atomic E-state index is 0.245. The van der Waals surface area contributed by atoms with Crippen LogP contribution in [0.1, 0.15) is 18.4 Å². The molecule has 1 aromatic rings. The largest absolute Gasteiger partial charge is 0.367 e. The second-order valence-electron chi connectivity index (χ2n) is 3.19. The predicted octanol–water partition coefficient (Wildman–Crippen LogP) is 0.937. The van der Waals surface area contributed by atoms with Crippen LogP contribution in [0.2, 0.25) is 0 Å². The summed E-state index contributed by atoms with van der Waals surface area (Å²) in [5.41, 5.74) is 1.57. The van der Waals surface area contributed by atoms with Crippen LogP contribution >= 0.6 is 0 Å². The van der Waals surface area contributed by atoms with E-state index in [1.54, 1.807) is 0 Å². The topological polar surface area (TPSA) is 51.0 Å². The molecule has 0 amide bonds. The predicted molar refractivity (Wildman–Crippen MR) is 41.8 cm³/mol. The van der Waals surface area contributed by atoms with Crippen molar-refractivity contribution in [3.8, 4) is 0 Å². The smallest absolute Gasteiger partial charge is 0.0776 e. The number of nitrogens with one attached hydrogen (secondary N) is 1. The van der Waals surface area contributed by atoms with Crippen LogP contribution in [-0.4, -0.2) is 11.6 Å². The van der Waals surface area contributed by atoms with Crippen LogP contribution < -0.4 is 5.90 Å². The molecule has 3 heteroatoms. The summed E-state index contributed by atoms with van der Waals surface area (Å²) >= 11 is 0. The zero-order valence-electron chi connectivity index (χ0n) is 6.34. The molecule has 1 aromatic heterocycles. The lowest BCUT2D eigenvalue weighted by atomic mass is 10.0. The summed E-state index contributed by atoms with van der Waals surface area (Å²) in [4.78, 5) is 7.72. The highest BCUT2D eigenvalue weighted by Crippen LogP contribution is 2.47. The first-order valence-electron chi connectivity index (χ1n) is 3.82. The van der Waals surface area contributed by atoms with Gasteiger partial charge in [0.15, 0.2) is 0 Å². The molecular weight excluding hydrogens is 140 g/mol. The highest BCUT2D eigenvalue weighted by atomic mass is 16.6. The van der Waals surface area contributed by atoms with Gasteiger partial charge in [-0.25, -0.2) is 5.90 Å². The van der Waals surface area contributed by atoms with E-state index >= 15 is 0 Å². The summed E-state index contributed by atoms with van der Waals surface area (Å²) < 4.78 is 0. The van der Waals surface area contributed by atoms with Crippen LogP contribution in [0.4, 0.5) is 0 Å². The zero-order valence-corrected chi connectivity index (χ0v) is 6.34. The Bertz CT molecular complexity index is 226. The average Bonchev–Trinajstić information content (AvgIpc) is 2.63. The first kappa shape index (κ1) is 6.88. The number of rotatable bonds is 3. The molecule has 60 valence electrons. The lowest BCUT2D eigenvalue weighted by Gasteiger charge is -2.10. The number of H-pyrrole nitrogens is 1. The fraction of sp³-hybridized carbons (Fsp3) is 0.500. The van der Waals surface area contributed by atoms with Crippen LogP contribution in [0.3, 0.4) is 0 Å². The van der Waals surface area contributed by atoms with Gasteiger partial charge in [-0.1, -0.05) is 0 Å². The Morgan fingerprint density at radius 3 is 2.91 bits per heavy atom. The van der Waals surface area contributed by atoms with Crippen LogP contribution in [0.15, 0.2) is 18.5 Å². The van der Waals surface area contributed by atoms with Gasteiger partial charge in [-0.15, -0.1) is 0 Å². The van der Waals surface area contributed by atoms with Crippen molar-refractivity contribution in [3.05, 3.63) is 24.0 Å². The van der Waals surface area contributed by atoms with E-state index in [9.17, 15) is 0 Å². The first-order chi connectivity index (χ1) is 5.37. The van der Waals surface area contributed by atoms with Gasteiger partial charge in [0.05, 0.1) is 6.61 Å². The van der Waals surface area contributed by atoms with E-state index in [1.165, 1.54) is 18.4 Å². The summed E-state index contributed by atoms with van der Waals surface area (Å²) in [5, 5.41) is 0. The average molecular weight is 152 g/mol. The van der Waals surface area contributed by atoms with Gasteiger partial charge >= 0.3 is 0 Å². The Labute approximate surface area is 65.5 Å². The number of nitrogens with two attached hydrogens (primary N) is 1. The maximum Gasteiger partial charge on any atom is 0.0776 e. The van der Waals surface area contributed by atoms with E-state index in [2.05, 4.69) is 15.9 Å². The molecule has 0 atom stereocenters. The first-order valence-corrected chi connectivity index (χ1v) is 3.82. The highest BCUT2D eigenvalue weighted by Gasteiger charge is 2.44. The summed E-state index contributed by atoms with van der Waals surface area (Å²) in [5.74, 6) is 5.05. The molecule has 1 aliphatic rings. The third-order valence-corrected chi connectivity index (χ3v) is 2.42. The van der Waals surface area contributed by atoms with Crippen LogP contribution in [0, 0.1) is 0 Å². The molecule has 3 nitrogen and oxygen atoms in total. The SMILES string of the molecule is NOCC1(c2cc[nH]c2)CC1. The summed E-state index contributed by atoms with van der Waals surface area (Å²) in [6.07, 6.45) is 6.35. The summed E-state index contributed by atoms with van der Waals surface area (Å²) in [7, 11) is 0. The fourth-order valence-electron chi connectivity index (χ4n) is 1.48. The van der Waals surface area contributed by atoms with Gasteiger partial charge < -0.3 is 9.82 Å². The van der Waals surface area contributed by atoms with Crippen molar-refractivity contribution in [2.75, 3.05) is 6.61 Å². The molecule has 1 saturated carbocycles. The standard InChI is InChI=1S/C8H12N2O/c9-11-6-8(2-3-8)7-1-4-10-5-7/h1,4-5,10H,2-3,6,9H2. The lowest BCUT2D eigenvalue weighted by molar-refractivity contribution is 0.116. The molecule has 3 N–H and O–H groups in total. The van der Waals surface area contributed by atoms with Crippen molar-refractivity contribution in [2.24, 2.45) is 5.90 Å². The van der Waals surface area contributed by atoms with Crippen LogP contribution in [0.25, 0.3) is 0 Å². The second-order valence-corrected chi connectivity index (χ2v) is 3.19. The van der Waals surface area contributed by atoms with Crippen LogP contribution in [0.5, 0.6) is 0 Å². The van der Waals surface area contributed by atoms with E-state index in [-0.39, 0.29) is 5.41 Å². The summed E-state index contributed by atoms with van der Waals surface area (Å²) in [6, 6.07) is 2.09. The number of hydrogen-bond donors (Lipinski definition) is 2. The molecule has 0 saturated heterocycles. The van der Waals surface area contributed by atoms with Gasteiger partial charge in [-0.3, -0.25) is 0 Å². The molecule has 1 heterocycles. The molecule has 1 aliphatic carbocycles. The molecule has 0 spiro atoms. The van der Waals surface area contributed by atoms with Gasteiger partial charge in [-0.05, 0) is 24.5 Å². The third kappa shape index (κ3) is 1.06. The third-order valence-electron chi connectivity index (χ3n) is 2.42. The van der Waals surface area contributed by atoms with Crippen LogP contribution in [-0.2, 0) is 10.3 Å². The maximum atomic E-state index is 5.05. The number of hydrogen-bond acceptors (Lipinski definition) is 2. The van der Waals surface area contributed by atoms with Gasteiger partial charge in [0.1, 0.15) is 0 Å². The number of aromatic nitrogens is 1. The van der Waals surface area contributed by atoms with E-state index in [0.717, 1.165) is 0 Å². The molecule has 0 radical (unpaired) electrons. The van der Waals surface area contributed by atoms with Crippen molar-refractivity contribution in [1.82, 2.24) is 4.98 Å². The normalized spacial score (nSPS) is 20.1. The Morgan fingerprint density at radius 1 is 1.64 bits per heavy atom. The van der Waals surface area contributed by atoms with Gasteiger partial charge in [0, 0.05) is 17.8 Å². The monoisotopic (exact) mass is 152 g/mol. The van der Waals surface area contributed by atoms with Crippen molar-refractivity contribution in [2.45, 2.75) is 18.3 Å². The lowest BCUT2D eigenvalue weighted by Crippen LogP contribution is -2.17. The van der Waals surface area contributed by atoms with E-state index in [4.69, 9.17) is 5.90 Å². The Balaban J connectivity index is 2.15. The Hall–Kier alpha value is -0.800. The van der Waals surface area contributed by atoms with Crippen molar-refractivity contribution >= 4 is 0 Å². The van der Waals surface area contributed by atoms with Gasteiger partial charge in [-0.2, -0.15) is 0 Å².